The number of aliphatic imine (C=N–C) groups is 3. The summed E-state index contributed by atoms with van der Waals surface area (Å²) < 4.78 is 35.8. The van der Waals surface area contributed by atoms with Crippen LogP contribution in [0.3, 0.4) is 0 Å². The molecule has 3 rings (SSSR count). The van der Waals surface area contributed by atoms with Crippen LogP contribution in [-0.2, 0) is 22.7 Å². The minimum absolute atomic E-state index is 0.124. The first kappa shape index (κ1) is 24.7. The quantitative estimate of drug-likeness (QED) is 0.0814. The Bertz CT molecular complexity index is 1140. The minimum atomic E-state index is -5.39. The first-order chi connectivity index (χ1) is 15.4. The number of hydrogen-bond donors (Lipinski definition) is 7. The molecule has 0 spiro atoms. The molecule has 0 radical (unpaired) electrons. The van der Waals surface area contributed by atoms with Crippen molar-refractivity contribution >= 4 is 44.9 Å². The molecule has 3 heterocycles. The average molecular weight is 510 g/mol. The van der Waals surface area contributed by atoms with Gasteiger partial charge < -0.3 is 35.4 Å². The Kier molecular flexibility index (Phi) is 6.87. The van der Waals surface area contributed by atoms with Crippen molar-refractivity contribution in [1.29, 1.82) is 10.9 Å². The van der Waals surface area contributed by atoms with Crippen molar-refractivity contribution in [2.45, 2.75) is 24.5 Å². The van der Waals surface area contributed by atoms with Crippen molar-refractivity contribution in [2.24, 2.45) is 36.1 Å². The summed E-state index contributed by atoms with van der Waals surface area (Å²) in [6.45, 7) is -0.971. The van der Waals surface area contributed by atoms with E-state index >= 15 is 0 Å². The highest BCUT2D eigenvalue weighted by Gasteiger charge is 2.52. The zero-order chi connectivity index (χ0) is 24.6. The van der Waals surface area contributed by atoms with Gasteiger partial charge in [-0.25, -0.2) is 9.13 Å². The number of nitrogens with zero attached hydrogens (tertiary/aromatic N) is 9. The molecule has 0 aromatic carbocycles. The van der Waals surface area contributed by atoms with Crippen LogP contribution < -0.4 is 5.73 Å². The third-order valence-corrected chi connectivity index (χ3v) is 6.16. The molecule has 3 aliphatic rings. The molecule has 0 bridgehead atoms. The number of fused-ring (bicyclic) bond motifs is 1. The number of phosphoric acid groups is 2. The van der Waals surface area contributed by atoms with Crippen LogP contribution in [0.1, 0.15) is 0 Å². The zero-order valence-electron chi connectivity index (χ0n) is 15.8. The van der Waals surface area contributed by atoms with Crippen molar-refractivity contribution in [1.82, 2.24) is 4.90 Å². The van der Waals surface area contributed by atoms with Gasteiger partial charge in [0.25, 0.3) is 11.4 Å². The van der Waals surface area contributed by atoms with Crippen LogP contribution in [0.2, 0.25) is 0 Å². The lowest BCUT2D eigenvalue weighted by atomic mass is 10.1. The van der Waals surface area contributed by atoms with Crippen molar-refractivity contribution in [3.63, 3.8) is 0 Å². The molecule has 21 nitrogen and oxygen atoms in total. The number of hydrogen-bond acceptors (Lipinski definition) is 12. The Morgan fingerprint density at radius 1 is 1.24 bits per heavy atom. The third kappa shape index (κ3) is 5.37. The number of ether oxygens (including phenoxy) is 1. The Balaban J connectivity index is 1.86. The largest absolute Gasteiger partial charge is 0.481 e. The molecule has 0 saturated carbocycles. The van der Waals surface area contributed by atoms with Gasteiger partial charge in [-0.2, -0.15) is 24.8 Å². The first-order valence-corrected chi connectivity index (χ1v) is 11.3. The average Bonchev–Trinajstić information content (AvgIpc) is 3.17. The summed E-state index contributed by atoms with van der Waals surface area (Å²) in [6, 6.07) is 0. The molecule has 23 heteroatoms. The van der Waals surface area contributed by atoms with Crippen molar-refractivity contribution in [2.75, 3.05) is 6.61 Å². The second-order valence-electron chi connectivity index (χ2n) is 6.14. The molecule has 0 aliphatic carbocycles. The lowest BCUT2D eigenvalue weighted by molar-refractivity contribution is -0.0511. The highest BCUT2D eigenvalue weighted by Crippen LogP contribution is 2.57. The highest BCUT2D eigenvalue weighted by atomic mass is 31.3. The zero-order valence-corrected chi connectivity index (χ0v) is 17.6. The summed E-state index contributed by atoms with van der Waals surface area (Å²) >= 11 is 0. The molecule has 178 valence electrons. The van der Waals surface area contributed by atoms with Crippen LogP contribution in [0.4, 0.5) is 0 Å². The number of nitrogens with two attached hydrogens (primary N) is 1. The van der Waals surface area contributed by atoms with E-state index in [0.717, 1.165) is 4.90 Å². The fourth-order valence-electron chi connectivity index (χ4n) is 2.81. The number of phosphoric ester groups is 1. The first-order valence-electron chi connectivity index (χ1n) is 8.30. The van der Waals surface area contributed by atoms with Crippen molar-refractivity contribution in [3.8, 4) is 0 Å². The normalized spacial score (nSPS) is 31.5. The maximum atomic E-state index is 11.6. The van der Waals surface area contributed by atoms with E-state index in [0.29, 0.717) is 0 Å². The Hall–Kier alpha value is -2.89. The Morgan fingerprint density at radius 2 is 1.94 bits per heavy atom. The summed E-state index contributed by atoms with van der Waals surface area (Å²) in [5, 5.41) is 41.6. The van der Waals surface area contributed by atoms with Crippen LogP contribution in [0.25, 0.3) is 5.08 Å². The van der Waals surface area contributed by atoms with Gasteiger partial charge in [0.1, 0.15) is 18.3 Å². The number of diazo groups is 1. The molecular formula is C10H14N11O10P2+. The van der Waals surface area contributed by atoms with Gasteiger partial charge in [0.15, 0.2) is 23.6 Å². The second kappa shape index (κ2) is 9.16. The van der Waals surface area contributed by atoms with E-state index in [2.05, 4.69) is 44.3 Å². The third-order valence-electron chi connectivity index (χ3n) is 4.01. The molecular weight excluding hydrogens is 496 g/mol. The molecule has 1 unspecified atom stereocenters. The summed E-state index contributed by atoms with van der Waals surface area (Å²) in [7, 11) is -10.7. The van der Waals surface area contributed by atoms with Crippen LogP contribution in [-0.4, -0.2) is 90.2 Å². The number of guanidine groups is 2. The summed E-state index contributed by atoms with van der Waals surface area (Å²) in [6.07, 6.45) is -6.71. The standard InChI is InChI=1S/C10H13N11O10P2/c11-6-3-7(16-9(15-6)17-19-12)21(10(14-3)18-20-13)8-5(23)4(22)2(30-8)1-29-33(27,28)31-32(24,25)26/h2,4-5,8,22-23H,1H2,(H5-,11,12,15,17,24,25,26,27,28)/p+1/t2-,4-,5-,8-/m1/s1. The summed E-state index contributed by atoms with van der Waals surface area (Å²) in [4.78, 5) is 39.1. The van der Waals surface area contributed by atoms with Gasteiger partial charge in [-0.15, -0.1) is 0 Å². The van der Waals surface area contributed by atoms with E-state index < -0.39 is 58.7 Å². The van der Waals surface area contributed by atoms with Crippen LogP contribution in [0, 0.1) is 10.9 Å². The maximum Gasteiger partial charge on any atom is 0.481 e. The number of rotatable bonds is 7. The molecule has 1 saturated heterocycles. The molecule has 3 aliphatic heterocycles. The molecule has 1 fully saturated rings. The molecule has 0 aromatic rings. The van der Waals surface area contributed by atoms with Crippen LogP contribution in [0.5, 0.6) is 0 Å². The molecule has 8 N–H and O–H groups in total. The number of aliphatic hydroxyl groups excluding tert-OH is 2. The number of aliphatic hydroxyl groups is 2. The summed E-state index contributed by atoms with van der Waals surface area (Å²) in [5.41, 5.74) is 12.4. The Morgan fingerprint density at radius 3 is 2.55 bits per heavy atom. The van der Waals surface area contributed by atoms with Gasteiger partial charge in [0, 0.05) is 0 Å². The smallest absolute Gasteiger partial charge is 0.387 e. The van der Waals surface area contributed by atoms with E-state index in [1.165, 1.54) is 0 Å². The fourth-order valence-corrected chi connectivity index (χ4v) is 4.41. The predicted octanol–water partition coefficient (Wildman–Crippen LogP) is -2.39. The van der Waals surface area contributed by atoms with Gasteiger partial charge in [-0.1, -0.05) is 5.10 Å². The molecule has 0 amide bonds. The maximum absolute atomic E-state index is 11.6. The van der Waals surface area contributed by atoms with Gasteiger partial charge in [-0.05, 0) is 5.22 Å². The van der Waals surface area contributed by atoms with Crippen LogP contribution in [0.15, 0.2) is 30.4 Å². The number of amidine groups is 2. The molecule has 0 aromatic heterocycles. The topological polar surface area (TPSA) is 318 Å². The van der Waals surface area contributed by atoms with Gasteiger partial charge in [0.2, 0.25) is 5.10 Å². The fraction of sp³-hybridized carbons (Fsp3) is 0.500. The second-order valence-corrected chi connectivity index (χ2v) is 8.96. The van der Waals surface area contributed by atoms with E-state index in [9.17, 15) is 24.2 Å². The predicted molar refractivity (Wildman–Crippen MR) is 103 cm³/mol. The van der Waals surface area contributed by atoms with Crippen molar-refractivity contribution in [3.05, 3.63) is 5.08 Å². The molecule has 33 heavy (non-hydrogen) atoms. The lowest BCUT2D eigenvalue weighted by Crippen LogP contribution is -2.51. The Labute approximate surface area is 181 Å². The molecule has 5 atom stereocenters. The summed E-state index contributed by atoms with van der Waals surface area (Å²) in [5.74, 6) is -1.31. The van der Waals surface area contributed by atoms with E-state index in [4.69, 9.17) is 31.2 Å². The van der Waals surface area contributed by atoms with Crippen molar-refractivity contribution < 1.29 is 47.6 Å². The van der Waals surface area contributed by atoms with E-state index in [1.54, 1.807) is 0 Å². The monoisotopic (exact) mass is 510 g/mol. The van der Waals surface area contributed by atoms with E-state index in [1.807, 2.05) is 0 Å². The van der Waals surface area contributed by atoms with Crippen LogP contribution >= 0.6 is 15.6 Å². The SMILES string of the molecule is N#[N+]N=C1N=C2C(N)=NC(=NN=N)N=C2N1[C@@H]1O[C@H](COP(=O)(O)OP(=O)(O)O)[C@@H](O)[C@H]1O. The van der Waals surface area contributed by atoms with E-state index in [-0.39, 0.29) is 17.4 Å². The van der Waals surface area contributed by atoms with Gasteiger partial charge >= 0.3 is 26.7 Å². The van der Waals surface area contributed by atoms with Gasteiger partial charge in [0.05, 0.1) is 6.61 Å². The number of nitrogens with one attached hydrogen (secondary N) is 1. The minimum Gasteiger partial charge on any atom is -0.387 e. The van der Waals surface area contributed by atoms with Gasteiger partial charge in [-0.3, -0.25) is 9.42 Å². The highest BCUT2D eigenvalue weighted by molar-refractivity contribution is 7.60. The lowest BCUT2D eigenvalue weighted by Gasteiger charge is -2.26.